The molecule has 0 spiro atoms. The smallest absolute Gasteiger partial charge is 0.388 e. The van der Waals surface area contributed by atoms with Crippen LogP contribution in [-0.4, -0.2) is 88.4 Å². The number of nitrogens with two attached hydrogens (primary N) is 2. The van der Waals surface area contributed by atoms with Crippen LogP contribution in [0.5, 0.6) is 0 Å². The Morgan fingerprint density at radius 2 is 1.69 bits per heavy atom. The van der Waals surface area contributed by atoms with E-state index in [9.17, 15) is 13.2 Å². The van der Waals surface area contributed by atoms with Crippen LogP contribution in [0.3, 0.4) is 0 Å². The highest BCUT2D eigenvalue weighted by molar-refractivity contribution is 8.32. The van der Waals surface area contributed by atoms with Crippen molar-refractivity contribution in [2.75, 3.05) is 72.7 Å². The van der Waals surface area contributed by atoms with Crippen molar-refractivity contribution in [1.29, 1.82) is 0 Å². The van der Waals surface area contributed by atoms with E-state index in [2.05, 4.69) is 51.8 Å². The second-order valence-corrected chi connectivity index (χ2v) is 12.9. The Hall–Kier alpha value is -1.06. The monoisotopic (exact) mass is 547 g/mol. The van der Waals surface area contributed by atoms with Gasteiger partial charge in [-0.05, 0) is 50.6 Å². The first kappa shape index (κ1) is 36.1. The molecule has 0 fully saturated rings. The van der Waals surface area contributed by atoms with Gasteiger partial charge in [0.1, 0.15) is 19.2 Å². The second-order valence-electron chi connectivity index (χ2n) is 7.87. The van der Waals surface area contributed by atoms with Crippen molar-refractivity contribution in [3.63, 3.8) is 0 Å². The molecule has 0 aliphatic heterocycles. The maximum Gasteiger partial charge on any atom is 0.411 e. The van der Waals surface area contributed by atoms with Gasteiger partial charge in [0.2, 0.25) is 0 Å². The molecule has 0 bridgehead atoms. The lowest BCUT2D eigenvalue weighted by atomic mass is 10.2. The quantitative estimate of drug-likeness (QED) is 0.267. The van der Waals surface area contributed by atoms with Gasteiger partial charge in [0.05, 0.1) is 24.2 Å². The molecular weight excluding hydrogens is 503 g/mol. The van der Waals surface area contributed by atoms with Gasteiger partial charge in [0, 0.05) is 32.9 Å². The number of imidazole rings is 1. The molecule has 0 atom stereocenters. The third kappa shape index (κ3) is 17.9. The molecule has 1 heterocycles. The number of thiol groups is 1. The molecule has 5 N–H and O–H groups in total. The van der Waals surface area contributed by atoms with Gasteiger partial charge >= 0.3 is 6.18 Å². The van der Waals surface area contributed by atoms with Gasteiger partial charge in [-0.2, -0.15) is 13.2 Å². The maximum absolute atomic E-state index is 12.2. The van der Waals surface area contributed by atoms with Crippen LogP contribution in [0.25, 0.3) is 11.0 Å². The molecule has 0 saturated heterocycles. The predicted molar refractivity (Wildman–Crippen MR) is 145 cm³/mol. The van der Waals surface area contributed by atoms with E-state index in [1.54, 1.807) is 21.3 Å². The van der Waals surface area contributed by atoms with E-state index in [4.69, 9.17) is 15.2 Å². The largest absolute Gasteiger partial charge is 0.411 e. The molecule has 0 radical (unpaired) electrons. The summed E-state index contributed by atoms with van der Waals surface area (Å²) in [5.74, 6) is 1.63. The Kier molecular flexibility index (Phi) is 20.7. The van der Waals surface area contributed by atoms with Crippen molar-refractivity contribution in [3.8, 4) is 0 Å². The SMILES string of the molecule is CN.CNS.COC.CS(C)(C)CCOCn1c(CCOCC(F)(F)F)nc2cc(CN)ccc21. The van der Waals surface area contributed by atoms with Crippen molar-refractivity contribution in [2.24, 2.45) is 11.5 Å². The molecule has 1 aromatic carbocycles. The van der Waals surface area contributed by atoms with Crippen LogP contribution in [-0.2, 0) is 33.9 Å². The fourth-order valence-corrected chi connectivity index (χ4v) is 3.12. The Balaban J connectivity index is 0. The number of nitrogens with one attached hydrogen (secondary N) is 1. The van der Waals surface area contributed by atoms with E-state index in [1.807, 2.05) is 22.8 Å². The molecule has 2 aromatic rings. The molecule has 0 amide bonds. The normalized spacial score (nSPS) is 11.6. The molecule has 8 nitrogen and oxygen atoms in total. The van der Waals surface area contributed by atoms with Crippen LogP contribution in [0.15, 0.2) is 18.2 Å². The zero-order valence-corrected chi connectivity index (χ0v) is 23.7. The van der Waals surface area contributed by atoms with Crippen LogP contribution in [0.2, 0.25) is 0 Å². The number of rotatable bonds is 10. The van der Waals surface area contributed by atoms with E-state index in [0.717, 1.165) is 22.3 Å². The van der Waals surface area contributed by atoms with Gasteiger partial charge in [-0.3, -0.25) is 4.72 Å². The Morgan fingerprint density at radius 3 is 2.17 bits per heavy atom. The highest BCUT2D eigenvalue weighted by Crippen LogP contribution is 2.33. The molecule has 0 saturated carbocycles. The summed E-state index contributed by atoms with van der Waals surface area (Å²) in [6.45, 7) is 0.0256. The minimum atomic E-state index is -4.32. The first-order valence-corrected chi connectivity index (χ1v) is 14.2. The van der Waals surface area contributed by atoms with Crippen molar-refractivity contribution in [3.05, 3.63) is 29.6 Å². The molecule has 1 aromatic heterocycles. The zero-order chi connectivity index (χ0) is 27.5. The zero-order valence-electron chi connectivity index (χ0n) is 21.9. The molecule has 13 heteroatoms. The summed E-state index contributed by atoms with van der Waals surface area (Å²) < 4.78 is 55.9. The predicted octanol–water partition coefficient (Wildman–Crippen LogP) is 3.17. The Morgan fingerprint density at radius 1 is 1.11 bits per heavy atom. The molecular formula is C22H44F3N5O3S2. The van der Waals surface area contributed by atoms with Crippen molar-refractivity contribution in [1.82, 2.24) is 14.3 Å². The van der Waals surface area contributed by atoms with E-state index >= 15 is 0 Å². The number of ether oxygens (including phenoxy) is 3. The van der Waals surface area contributed by atoms with E-state index in [-0.39, 0.29) is 13.0 Å². The molecule has 2 rings (SSSR count). The fourth-order valence-electron chi connectivity index (χ4n) is 2.50. The first-order chi connectivity index (χ1) is 16.4. The average molecular weight is 548 g/mol. The number of methoxy groups -OCH3 is 1. The minimum absolute atomic E-state index is 0.0568. The number of nitrogens with zero attached hydrogens (tertiary/aromatic N) is 2. The number of alkyl halides is 3. The van der Waals surface area contributed by atoms with Crippen LogP contribution in [0.4, 0.5) is 13.2 Å². The molecule has 0 aliphatic rings. The maximum atomic E-state index is 12.2. The van der Waals surface area contributed by atoms with Crippen molar-refractivity contribution >= 4 is 33.9 Å². The summed E-state index contributed by atoms with van der Waals surface area (Å²) in [4.78, 5) is 4.55. The summed E-state index contributed by atoms with van der Waals surface area (Å²) >= 11 is 3.54. The standard InChI is InChI=1S/C18H28F3N3O2S.C2H6O.CH5NS.CH5N/c1-27(2,3)9-8-26-13-24-16-5-4-14(11-22)10-15(16)23-17(24)6-7-25-12-18(19,20)21;1-3-2;1-2-3;1-2/h4-5,10H,6-9,11-13,22H2,1-3H3;1-2H3;2-3H,1H3;2H2,1H3. The summed E-state index contributed by atoms with van der Waals surface area (Å²) in [6.07, 6.45) is 2.62. The first-order valence-electron chi connectivity index (χ1n) is 10.8. The van der Waals surface area contributed by atoms with E-state index < -0.39 is 22.8 Å². The van der Waals surface area contributed by atoms with Gasteiger partial charge in [0.25, 0.3) is 0 Å². The highest BCUT2D eigenvalue weighted by atomic mass is 32.3. The highest BCUT2D eigenvalue weighted by Gasteiger charge is 2.27. The number of fused-ring (bicyclic) bond motifs is 1. The third-order valence-electron chi connectivity index (χ3n) is 3.92. The third-order valence-corrected chi connectivity index (χ3v) is 5.31. The summed E-state index contributed by atoms with van der Waals surface area (Å²) in [7, 11) is 5.84. The van der Waals surface area contributed by atoms with Crippen LogP contribution >= 0.6 is 22.8 Å². The van der Waals surface area contributed by atoms with Gasteiger partial charge in [-0.1, -0.05) is 18.9 Å². The van der Waals surface area contributed by atoms with Crippen LogP contribution in [0, 0.1) is 0 Å². The van der Waals surface area contributed by atoms with E-state index in [0.29, 0.717) is 25.7 Å². The lowest BCUT2D eigenvalue weighted by molar-refractivity contribution is -0.173. The second kappa shape index (κ2) is 20.0. The molecule has 35 heavy (non-hydrogen) atoms. The summed E-state index contributed by atoms with van der Waals surface area (Å²) in [5, 5.41) is 0. The van der Waals surface area contributed by atoms with Crippen LogP contribution < -0.4 is 16.2 Å². The lowest BCUT2D eigenvalue weighted by Crippen LogP contribution is -2.19. The minimum Gasteiger partial charge on any atom is -0.388 e. The summed E-state index contributed by atoms with van der Waals surface area (Å²) in [5.41, 5.74) is 12.8. The number of hydrogen-bond acceptors (Lipinski definition) is 8. The fraction of sp³-hybridized carbons (Fsp3) is 0.682. The lowest BCUT2D eigenvalue weighted by Gasteiger charge is -2.24. The Labute approximate surface area is 215 Å². The number of hydrogen-bond donors (Lipinski definition) is 4. The van der Waals surface area contributed by atoms with Gasteiger partial charge in [0.15, 0.2) is 0 Å². The van der Waals surface area contributed by atoms with Crippen molar-refractivity contribution in [2.45, 2.75) is 25.9 Å². The topological polar surface area (TPSA) is 110 Å². The average Bonchev–Trinajstić information content (AvgIpc) is 3.12. The van der Waals surface area contributed by atoms with Gasteiger partial charge < -0.3 is 30.2 Å². The van der Waals surface area contributed by atoms with Gasteiger partial charge in [-0.25, -0.2) is 15.0 Å². The number of halogens is 3. The number of benzene rings is 1. The van der Waals surface area contributed by atoms with Crippen LogP contribution in [0.1, 0.15) is 11.4 Å². The molecule has 0 unspecified atom stereocenters. The number of aromatic nitrogens is 2. The molecule has 208 valence electrons. The van der Waals surface area contributed by atoms with E-state index in [1.165, 1.54) is 7.05 Å². The van der Waals surface area contributed by atoms with Gasteiger partial charge in [-0.15, -0.1) is 0 Å². The summed E-state index contributed by atoms with van der Waals surface area (Å²) in [6, 6.07) is 5.73. The van der Waals surface area contributed by atoms with Crippen molar-refractivity contribution < 1.29 is 27.4 Å². The molecule has 0 aliphatic carbocycles. The Bertz CT molecular complexity index is 786.